The van der Waals surface area contributed by atoms with Gasteiger partial charge in [-0.15, -0.1) is 0 Å². The minimum absolute atomic E-state index is 0.599. The van der Waals surface area contributed by atoms with Gasteiger partial charge in [0.2, 0.25) is 5.95 Å². The van der Waals surface area contributed by atoms with Crippen LogP contribution in [0.25, 0.3) is 11.0 Å². The number of nitrogens with one attached hydrogen (secondary N) is 3. The van der Waals surface area contributed by atoms with Gasteiger partial charge in [-0.25, -0.2) is 0 Å². The van der Waals surface area contributed by atoms with Gasteiger partial charge >= 0.3 is 0 Å². The SMILES string of the molecule is CCNc1nc(NCc2ccccc2C)c2cn[nH]c2n1. The van der Waals surface area contributed by atoms with Crippen molar-refractivity contribution in [3.05, 3.63) is 41.6 Å². The highest BCUT2D eigenvalue weighted by atomic mass is 15.2. The quantitative estimate of drug-likeness (QED) is 0.670. The number of aromatic amines is 1. The molecular weight excluding hydrogens is 264 g/mol. The molecule has 0 aliphatic heterocycles. The monoisotopic (exact) mass is 282 g/mol. The summed E-state index contributed by atoms with van der Waals surface area (Å²) in [5.74, 6) is 1.38. The Bertz CT molecular complexity index is 749. The molecule has 0 unspecified atom stereocenters. The highest BCUT2D eigenvalue weighted by molar-refractivity contribution is 5.86. The summed E-state index contributed by atoms with van der Waals surface area (Å²) in [5.41, 5.74) is 3.24. The Morgan fingerprint density at radius 1 is 1.14 bits per heavy atom. The number of hydrogen-bond acceptors (Lipinski definition) is 5. The zero-order valence-electron chi connectivity index (χ0n) is 12.1. The van der Waals surface area contributed by atoms with Crippen molar-refractivity contribution in [1.82, 2.24) is 20.2 Å². The number of fused-ring (bicyclic) bond motifs is 1. The smallest absolute Gasteiger partial charge is 0.226 e. The molecule has 0 aliphatic rings. The van der Waals surface area contributed by atoms with Crippen LogP contribution in [0.1, 0.15) is 18.1 Å². The summed E-state index contributed by atoms with van der Waals surface area (Å²) in [6.45, 7) is 5.61. The molecule has 0 saturated carbocycles. The number of rotatable bonds is 5. The van der Waals surface area contributed by atoms with E-state index >= 15 is 0 Å². The van der Waals surface area contributed by atoms with E-state index in [0.29, 0.717) is 5.95 Å². The summed E-state index contributed by atoms with van der Waals surface area (Å²) in [7, 11) is 0. The number of aryl methyl sites for hydroxylation is 1. The molecule has 0 atom stereocenters. The summed E-state index contributed by atoms with van der Waals surface area (Å²) in [6, 6.07) is 8.30. The van der Waals surface area contributed by atoms with Crippen LogP contribution in [0.5, 0.6) is 0 Å². The van der Waals surface area contributed by atoms with Crippen LogP contribution < -0.4 is 10.6 Å². The fourth-order valence-corrected chi connectivity index (χ4v) is 2.19. The largest absolute Gasteiger partial charge is 0.365 e. The van der Waals surface area contributed by atoms with Crippen LogP contribution in [0.4, 0.5) is 11.8 Å². The second-order valence-corrected chi connectivity index (χ2v) is 4.84. The lowest BCUT2D eigenvalue weighted by molar-refractivity contribution is 1.05. The molecule has 3 rings (SSSR count). The molecule has 0 radical (unpaired) electrons. The lowest BCUT2D eigenvalue weighted by Gasteiger charge is -2.10. The van der Waals surface area contributed by atoms with Crippen LogP contribution in [0.15, 0.2) is 30.5 Å². The Kier molecular flexibility index (Phi) is 3.68. The van der Waals surface area contributed by atoms with Gasteiger partial charge in [-0.05, 0) is 25.0 Å². The van der Waals surface area contributed by atoms with Crippen molar-refractivity contribution in [2.45, 2.75) is 20.4 Å². The number of nitrogens with zero attached hydrogens (tertiary/aromatic N) is 3. The van der Waals surface area contributed by atoms with Crippen molar-refractivity contribution in [1.29, 1.82) is 0 Å². The maximum Gasteiger partial charge on any atom is 0.226 e. The van der Waals surface area contributed by atoms with E-state index in [2.05, 4.69) is 49.9 Å². The molecule has 2 heterocycles. The molecule has 0 fully saturated rings. The van der Waals surface area contributed by atoms with Crippen LogP contribution in [0, 0.1) is 6.92 Å². The number of anilines is 2. The molecule has 0 amide bonds. The third-order valence-electron chi connectivity index (χ3n) is 3.35. The first-order valence-electron chi connectivity index (χ1n) is 7.01. The molecule has 6 nitrogen and oxygen atoms in total. The average Bonchev–Trinajstić information content (AvgIpc) is 2.95. The lowest BCUT2D eigenvalue weighted by Crippen LogP contribution is -2.07. The van der Waals surface area contributed by atoms with E-state index in [1.807, 2.05) is 19.1 Å². The Hall–Kier alpha value is -2.63. The normalized spacial score (nSPS) is 10.8. The predicted molar refractivity (Wildman–Crippen MR) is 84.4 cm³/mol. The van der Waals surface area contributed by atoms with E-state index in [0.717, 1.165) is 29.9 Å². The molecule has 0 aliphatic carbocycles. The molecule has 3 N–H and O–H groups in total. The van der Waals surface area contributed by atoms with Gasteiger partial charge in [-0.3, -0.25) is 5.10 Å². The summed E-state index contributed by atoms with van der Waals surface area (Å²) < 4.78 is 0. The van der Waals surface area contributed by atoms with Gasteiger partial charge in [0.25, 0.3) is 0 Å². The van der Waals surface area contributed by atoms with Gasteiger partial charge in [0.05, 0.1) is 11.6 Å². The Morgan fingerprint density at radius 2 is 2.00 bits per heavy atom. The third kappa shape index (κ3) is 2.79. The summed E-state index contributed by atoms with van der Waals surface area (Å²) in [4.78, 5) is 8.89. The van der Waals surface area contributed by atoms with Crippen LogP contribution in [-0.4, -0.2) is 26.7 Å². The highest BCUT2D eigenvalue weighted by Gasteiger charge is 2.09. The average molecular weight is 282 g/mol. The van der Waals surface area contributed by atoms with Crippen LogP contribution in [-0.2, 0) is 6.54 Å². The molecule has 1 aromatic carbocycles. The zero-order chi connectivity index (χ0) is 14.7. The van der Waals surface area contributed by atoms with Crippen molar-refractivity contribution >= 4 is 22.8 Å². The maximum absolute atomic E-state index is 4.51. The van der Waals surface area contributed by atoms with E-state index in [1.54, 1.807) is 6.20 Å². The van der Waals surface area contributed by atoms with Gasteiger partial charge in [0.15, 0.2) is 5.65 Å². The van der Waals surface area contributed by atoms with Crippen molar-refractivity contribution in [3.63, 3.8) is 0 Å². The Balaban J connectivity index is 1.89. The van der Waals surface area contributed by atoms with Gasteiger partial charge in [-0.2, -0.15) is 15.1 Å². The number of hydrogen-bond donors (Lipinski definition) is 3. The predicted octanol–water partition coefficient (Wildman–Crippen LogP) is 2.71. The Morgan fingerprint density at radius 3 is 2.81 bits per heavy atom. The van der Waals surface area contributed by atoms with E-state index in [9.17, 15) is 0 Å². The lowest BCUT2D eigenvalue weighted by atomic mass is 10.1. The fourth-order valence-electron chi connectivity index (χ4n) is 2.19. The molecule has 2 aromatic heterocycles. The highest BCUT2D eigenvalue weighted by Crippen LogP contribution is 2.21. The summed E-state index contributed by atoms with van der Waals surface area (Å²) in [5, 5.41) is 14.3. The first-order chi connectivity index (χ1) is 10.3. The van der Waals surface area contributed by atoms with Crippen molar-refractivity contribution in [3.8, 4) is 0 Å². The number of aromatic nitrogens is 4. The van der Waals surface area contributed by atoms with Crippen molar-refractivity contribution < 1.29 is 0 Å². The zero-order valence-corrected chi connectivity index (χ0v) is 12.1. The second-order valence-electron chi connectivity index (χ2n) is 4.84. The minimum Gasteiger partial charge on any atom is -0.365 e. The van der Waals surface area contributed by atoms with E-state index in [-0.39, 0.29) is 0 Å². The van der Waals surface area contributed by atoms with Gasteiger partial charge in [-0.1, -0.05) is 24.3 Å². The topological polar surface area (TPSA) is 78.5 Å². The molecule has 6 heteroatoms. The molecule has 0 spiro atoms. The molecule has 21 heavy (non-hydrogen) atoms. The maximum atomic E-state index is 4.51. The van der Waals surface area contributed by atoms with Gasteiger partial charge in [0, 0.05) is 13.1 Å². The fraction of sp³-hybridized carbons (Fsp3) is 0.267. The van der Waals surface area contributed by atoms with E-state index in [1.165, 1.54) is 11.1 Å². The van der Waals surface area contributed by atoms with Gasteiger partial charge < -0.3 is 10.6 Å². The molecular formula is C15H18N6. The first kappa shape index (κ1) is 13.4. The summed E-state index contributed by atoms with van der Waals surface area (Å²) >= 11 is 0. The molecule has 0 saturated heterocycles. The second kappa shape index (κ2) is 5.78. The molecule has 0 bridgehead atoms. The molecule has 3 aromatic rings. The number of benzene rings is 1. The standard InChI is InChI=1S/C15H18N6/c1-3-16-15-19-13(12-9-18-21-14(12)20-15)17-8-11-7-5-4-6-10(11)2/h4-7,9H,3,8H2,1-2H3,(H3,16,17,18,19,20,21). The Labute approximate surface area is 123 Å². The van der Waals surface area contributed by atoms with Crippen molar-refractivity contribution in [2.75, 3.05) is 17.2 Å². The van der Waals surface area contributed by atoms with Crippen LogP contribution in [0.2, 0.25) is 0 Å². The van der Waals surface area contributed by atoms with Gasteiger partial charge in [0.1, 0.15) is 5.82 Å². The van der Waals surface area contributed by atoms with E-state index < -0.39 is 0 Å². The molecule has 108 valence electrons. The summed E-state index contributed by atoms with van der Waals surface area (Å²) in [6.07, 6.45) is 1.74. The third-order valence-corrected chi connectivity index (χ3v) is 3.35. The van der Waals surface area contributed by atoms with Crippen molar-refractivity contribution in [2.24, 2.45) is 0 Å². The number of H-pyrrole nitrogens is 1. The van der Waals surface area contributed by atoms with Crippen LogP contribution >= 0.6 is 0 Å². The van der Waals surface area contributed by atoms with Crippen LogP contribution in [0.3, 0.4) is 0 Å². The van der Waals surface area contributed by atoms with E-state index in [4.69, 9.17) is 0 Å². The first-order valence-corrected chi connectivity index (χ1v) is 7.01. The minimum atomic E-state index is 0.599.